The second kappa shape index (κ2) is 2.67. The first kappa shape index (κ1) is 7.03. The van der Waals surface area contributed by atoms with Gasteiger partial charge < -0.3 is 0 Å². The molecule has 0 amide bonds. The van der Waals surface area contributed by atoms with Gasteiger partial charge in [0.25, 0.3) is 0 Å². The largest absolute Gasteiger partial charge is 0.300 e. The monoisotopic (exact) mass is 147 g/mol. The number of hydrogen-bond acceptors (Lipinski definition) is 2. The van der Waals surface area contributed by atoms with Crippen molar-refractivity contribution in [3.8, 4) is 0 Å². The van der Waals surface area contributed by atoms with Crippen LogP contribution in [0.1, 0.15) is 12.8 Å². The van der Waals surface area contributed by atoms with Gasteiger partial charge in [0, 0.05) is 19.4 Å². The molecule has 0 N–H and O–H groups in total. The molecule has 0 aliphatic carbocycles. The van der Waals surface area contributed by atoms with E-state index >= 15 is 0 Å². The topological polar surface area (TPSA) is 20.3 Å². The van der Waals surface area contributed by atoms with E-state index in [1.54, 1.807) is 0 Å². The molecule has 52 valence electrons. The maximum atomic E-state index is 10.7. The van der Waals surface area contributed by atoms with Gasteiger partial charge in [-0.1, -0.05) is 0 Å². The minimum Gasteiger partial charge on any atom is -0.300 e. The summed E-state index contributed by atoms with van der Waals surface area (Å²) in [7, 11) is 1.93. The molecule has 1 rings (SSSR count). The molecule has 0 spiro atoms. The summed E-state index contributed by atoms with van der Waals surface area (Å²) in [4.78, 5) is 12.7. The van der Waals surface area contributed by atoms with Gasteiger partial charge >= 0.3 is 0 Å². The van der Waals surface area contributed by atoms with Gasteiger partial charge in [-0.3, -0.25) is 9.69 Å². The molecule has 2 nitrogen and oxygen atoms in total. The molecule has 1 aliphatic rings. The summed E-state index contributed by atoms with van der Waals surface area (Å²) < 4.78 is 0. The van der Waals surface area contributed by atoms with Crippen LogP contribution in [0.4, 0.5) is 0 Å². The Balaban J connectivity index is 2.44. The van der Waals surface area contributed by atoms with Crippen molar-refractivity contribution >= 4 is 17.4 Å². The number of ketones is 1. The van der Waals surface area contributed by atoms with Crippen LogP contribution < -0.4 is 0 Å². The second-order valence-electron chi connectivity index (χ2n) is 2.41. The molecule has 1 aliphatic heterocycles. The first-order valence-corrected chi connectivity index (χ1v) is 3.50. The van der Waals surface area contributed by atoms with Crippen LogP contribution in [0.25, 0.3) is 0 Å². The lowest BCUT2D eigenvalue weighted by Gasteiger charge is -2.26. The maximum absolute atomic E-state index is 10.7. The Morgan fingerprint density at radius 2 is 2.44 bits per heavy atom. The summed E-state index contributed by atoms with van der Waals surface area (Å²) in [5, 5.41) is 0. The van der Waals surface area contributed by atoms with Gasteiger partial charge in [0.2, 0.25) is 0 Å². The van der Waals surface area contributed by atoms with E-state index in [1.165, 1.54) is 0 Å². The van der Waals surface area contributed by atoms with Gasteiger partial charge in [-0.25, -0.2) is 0 Å². The smallest absolute Gasteiger partial charge is 0.136 e. The fourth-order valence-electron chi connectivity index (χ4n) is 0.887. The highest BCUT2D eigenvalue weighted by atomic mass is 35.5. The summed E-state index contributed by atoms with van der Waals surface area (Å²) in [5.41, 5.74) is -0.0637. The van der Waals surface area contributed by atoms with E-state index in [1.807, 2.05) is 11.9 Å². The Morgan fingerprint density at radius 3 is 2.89 bits per heavy atom. The number of Topliss-reactive ketones (excluding diaryl/α,β-unsaturated/α-hetero) is 1. The Labute approximate surface area is 59.8 Å². The van der Waals surface area contributed by atoms with E-state index in [0.29, 0.717) is 12.8 Å². The van der Waals surface area contributed by atoms with E-state index in [-0.39, 0.29) is 11.3 Å². The Hall–Kier alpha value is -0.0800. The minimum atomic E-state index is -0.0637. The lowest BCUT2D eigenvalue weighted by Crippen LogP contribution is -2.36. The van der Waals surface area contributed by atoms with Gasteiger partial charge in [-0.15, -0.1) is 11.6 Å². The summed E-state index contributed by atoms with van der Waals surface area (Å²) in [6.07, 6.45) is 1.18. The highest BCUT2D eigenvalue weighted by molar-refractivity contribution is 6.21. The van der Waals surface area contributed by atoms with Crippen LogP contribution >= 0.6 is 11.6 Å². The molecule has 1 unspecified atom stereocenters. The molecular weight excluding hydrogens is 138 g/mol. The number of carbonyl (C=O) groups is 1. The van der Waals surface area contributed by atoms with Gasteiger partial charge in [0.15, 0.2) is 0 Å². The first-order chi connectivity index (χ1) is 4.20. The standard InChI is InChI=1S/C6H10ClNO/c1-8-3-2-5(9)4-6(8)7/h6H,2-4H2,1H3. The number of alkyl halides is 1. The molecule has 0 aromatic rings. The van der Waals surface area contributed by atoms with E-state index in [4.69, 9.17) is 11.6 Å². The number of likely N-dealkylation sites (tertiary alicyclic amines) is 1. The van der Waals surface area contributed by atoms with E-state index < -0.39 is 0 Å². The van der Waals surface area contributed by atoms with Crippen LogP contribution in [0, 0.1) is 0 Å². The SMILES string of the molecule is CN1CCC(=O)CC1Cl. The van der Waals surface area contributed by atoms with Crippen molar-refractivity contribution in [1.82, 2.24) is 4.90 Å². The summed E-state index contributed by atoms with van der Waals surface area (Å²) in [6, 6.07) is 0. The van der Waals surface area contributed by atoms with Crippen molar-refractivity contribution in [2.45, 2.75) is 18.3 Å². The van der Waals surface area contributed by atoms with Crippen LogP contribution in [0.3, 0.4) is 0 Å². The number of halogens is 1. The molecule has 0 radical (unpaired) electrons. The van der Waals surface area contributed by atoms with Gasteiger partial charge in [0.1, 0.15) is 5.78 Å². The molecule has 1 heterocycles. The van der Waals surface area contributed by atoms with Gasteiger partial charge in [-0.05, 0) is 7.05 Å². The summed E-state index contributed by atoms with van der Waals surface area (Å²) in [5.74, 6) is 0.285. The van der Waals surface area contributed by atoms with Crippen molar-refractivity contribution < 1.29 is 4.79 Å². The lowest BCUT2D eigenvalue weighted by molar-refractivity contribution is -0.121. The van der Waals surface area contributed by atoms with Crippen molar-refractivity contribution in [3.63, 3.8) is 0 Å². The molecule has 3 heteroatoms. The third-order valence-corrected chi connectivity index (χ3v) is 2.11. The van der Waals surface area contributed by atoms with Gasteiger partial charge in [-0.2, -0.15) is 0 Å². The normalized spacial score (nSPS) is 30.9. The van der Waals surface area contributed by atoms with Gasteiger partial charge in [0.05, 0.1) is 5.50 Å². The highest BCUT2D eigenvalue weighted by Crippen LogP contribution is 2.14. The van der Waals surface area contributed by atoms with E-state index in [2.05, 4.69) is 0 Å². The molecule has 1 atom stereocenters. The third kappa shape index (κ3) is 1.66. The fraction of sp³-hybridized carbons (Fsp3) is 0.833. The predicted molar refractivity (Wildman–Crippen MR) is 36.5 cm³/mol. The molecule has 1 saturated heterocycles. The Bertz CT molecular complexity index is 126. The number of piperidine rings is 1. The maximum Gasteiger partial charge on any atom is 0.136 e. The molecule has 0 saturated carbocycles. The zero-order valence-electron chi connectivity index (χ0n) is 5.43. The van der Waals surface area contributed by atoms with Crippen LogP contribution in [-0.4, -0.2) is 29.8 Å². The molecule has 1 fully saturated rings. The van der Waals surface area contributed by atoms with Crippen molar-refractivity contribution in [2.75, 3.05) is 13.6 Å². The van der Waals surface area contributed by atoms with Crippen LogP contribution in [0.2, 0.25) is 0 Å². The second-order valence-corrected chi connectivity index (χ2v) is 2.91. The van der Waals surface area contributed by atoms with Crippen LogP contribution in [0.15, 0.2) is 0 Å². The van der Waals surface area contributed by atoms with Crippen LogP contribution in [-0.2, 0) is 4.79 Å². The lowest BCUT2D eigenvalue weighted by atomic mass is 10.1. The van der Waals surface area contributed by atoms with Crippen molar-refractivity contribution in [1.29, 1.82) is 0 Å². The molecule has 0 aromatic heterocycles. The zero-order valence-corrected chi connectivity index (χ0v) is 6.19. The summed E-state index contributed by atoms with van der Waals surface area (Å²) in [6.45, 7) is 0.812. The average molecular weight is 148 g/mol. The van der Waals surface area contributed by atoms with E-state index in [9.17, 15) is 4.79 Å². The van der Waals surface area contributed by atoms with Crippen LogP contribution in [0.5, 0.6) is 0 Å². The molecule has 0 bridgehead atoms. The number of nitrogens with zero attached hydrogens (tertiary/aromatic N) is 1. The molecule has 0 aromatic carbocycles. The third-order valence-electron chi connectivity index (χ3n) is 1.62. The zero-order chi connectivity index (χ0) is 6.85. The quantitative estimate of drug-likeness (QED) is 0.374. The van der Waals surface area contributed by atoms with E-state index in [0.717, 1.165) is 6.54 Å². The number of rotatable bonds is 0. The summed E-state index contributed by atoms with van der Waals surface area (Å²) >= 11 is 5.77. The molecule has 9 heavy (non-hydrogen) atoms. The molecular formula is C6H10ClNO. The average Bonchev–Trinajstić information content (AvgIpc) is 1.80. The highest BCUT2D eigenvalue weighted by Gasteiger charge is 2.21. The van der Waals surface area contributed by atoms with Crippen molar-refractivity contribution in [3.05, 3.63) is 0 Å². The Kier molecular flexibility index (Phi) is 2.09. The number of carbonyl (C=O) groups excluding carboxylic acids is 1. The number of hydrogen-bond donors (Lipinski definition) is 0. The fourth-order valence-corrected chi connectivity index (χ4v) is 1.16. The minimum absolute atomic E-state index is 0.0637. The Morgan fingerprint density at radius 1 is 1.78 bits per heavy atom. The first-order valence-electron chi connectivity index (χ1n) is 3.06. The predicted octanol–water partition coefficient (Wildman–Crippen LogP) is 0.846. The van der Waals surface area contributed by atoms with Crippen molar-refractivity contribution in [2.24, 2.45) is 0 Å².